The number of carboxylic acids is 1. The zero-order chi connectivity index (χ0) is 20.8. The van der Waals surface area contributed by atoms with Gasteiger partial charge in [0.2, 0.25) is 0 Å². The molecule has 1 unspecified atom stereocenters. The lowest BCUT2D eigenvalue weighted by Gasteiger charge is -2.59. The number of carbonyl (C=O) groups excluding carboxylic acids is 1. The Hall–Kier alpha value is -1.57. The Labute approximate surface area is 168 Å². The van der Waals surface area contributed by atoms with Crippen molar-refractivity contribution in [3.63, 3.8) is 0 Å². The van der Waals surface area contributed by atoms with E-state index in [1.54, 1.807) is 6.08 Å². The molecular formula is C22H27FO6. The van der Waals surface area contributed by atoms with E-state index < -0.39 is 46.4 Å². The maximum absolute atomic E-state index is 17.1. The topological polar surface area (TPSA) is 104 Å². The molecule has 0 aromatic carbocycles. The summed E-state index contributed by atoms with van der Waals surface area (Å²) in [5.41, 5.74) is -4.50. The van der Waals surface area contributed by atoms with Crippen LogP contribution in [0.2, 0.25) is 0 Å². The van der Waals surface area contributed by atoms with Crippen LogP contribution in [0.25, 0.3) is 0 Å². The average Bonchev–Trinajstić information content (AvgIpc) is 3.14. The first-order chi connectivity index (χ1) is 13.6. The molecule has 4 aliphatic carbocycles. The summed E-state index contributed by atoms with van der Waals surface area (Å²) in [6.07, 6.45) is 4.33. The third-order valence-corrected chi connectivity index (χ3v) is 8.95. The van der Waals surface area contributed by atoms with Gasteiger partial charge in [0.05, 0.1) is 17.1 Å². The van der Waals surface area contributed by atoms with Crippen molar-refractivity contribution in [2.75, 3.05) is 0 Å². The molecule has 1 heterocycles. The Morgan fingerprint density at radius 3 is 2.86 bits per heavy atom. The molecule has 1 aliphatic heterocycles. The molecule has 1 spiro atoms. The standard InChI is InChI=1S/C22H27FO6/c1-19-7-4-13(24)10-12(19)2-3-15-14-5-8-20(28,9-6-17(25)26)21(14)11-16(22(15,19)23)29-18(21)27/h2-3,10,14-16,18,27-28H,4-9,11H2,1H3,(H,25,26)/t14-,15-,16-,18?,19-,20+,21-,22-/m0/s1. The fraction of sp³-hybridized carbons (Fsp3) is 0.727. The van der Waals surface area contributed by atoms with Gasteiger partial charge in [0.1, 0.15) is 0 Å². The molecule has 1 saturated heterocycles. The zero-order valence-corrected chi connectivity index (χ0v) is 16.4. The summed E-state index contributed by atoms with van der Waals surface area (Å²) in [7, 11) is 0. The summed E-state index contributed by atoms with van der Waals surface area (Å²) in [6.45, 7) is 1.84. The summed E-state index contributed by atoms with van der Waals surface area (Å²) in [5, 5.41) is 31.6. The van der Waals surface area contributed by atoms with E-state index in [1.165, 1.54) is 6.08 Å². The third kappa shape index (κ3) is 2.11. The molecule has 0 aromatic heterocycles. The van der Waals surface area contributed by atoms with E-state index in [0.29, 0.717) is 24.8 Å². The predicted molar refractivity (Wildman–Crippen MR) is 99.4 cm³/mol. The molecule has 29 heavy (non-hydrogen) atoms. The molecule has 6 nitrogen and oxygen atoms in total. The van der Waals surface area contributed by atoms with Crippen molar-refractivity contribution in [3.05, 3.63) is 23.8 Å². The molecule has 2 bridgehead atoms. The molecule has 3 fully saturated rings. The van der Waals surface area contributed by atoms with Crippen LogP contribution in [0.3, 0.4) is 0 Å². The van der Waals surface area contributed by atoms with Crippen molar-refractivity contribution in [3.8, 4) is 0 Å². The number of ether oxygens (including phenoxy) is 1. The van der Waals surface area contributed by atoms with Gasteiger partial charge < -0.3 is 20.1 Å². The van der Waals surface area contributed by atoms with Crippen molar-refractivity contribution in [1.82, 2.24) is 0 Å². The molecule has 3 N–H and O–H groups in total. The van der Waals surface area contributed by atoms with Gasteiger partial charge in [-0.15, -0.1) is 0 Å². The van der Waals surface area contributed by atoms with Gasteiger partial charge in [0.15, 0.2) is 17.7 Å². The number of alkyl halides is 1. The number of ketones is 1. The van der Waals surface area contributed by atoms with E-state index >= 15 is 4.39 Å². The van der Waals surface area contributed by atoms with Gasteiger partial charge in [-0.2, -0.15) is 0 Å². The number of fused-ring (bicyclic) bond motifs is 6. The SMILES string of the molecule is C[C@]12CCC(=O)C=C1C=C[C@H]1[C@@H]3CC[C@@](O)(CCC(=O)O)[C@@]34C[C@H](OC4O)[C@@]12F. The van der Waals surface area contributed by atoms with Crippen molar-refractivity contribution in [2.45, 2.75) is 75.5 Å². The lowest BCUT2D eigenvalue weighted by Crippen LogP contribution is -2.66. The van der Waals surface area contributed by atoms with E-state index in [4.69, 9.17) is 9.84 Å². The number of aliphatic hydroxyl groups is 2. The van der Waals surface area contributed by atoms with Crippen LogP contribution in [0.4, 0.5) is 4.39 Å². The van der Waals surface area contributed by atoms with E-state index in [1.807, 2.05) is 13.0 Å². The Morgan fingerprint density at radius 2 is 2.14 bits per heavy atom. The minimum absolute atomic E-state index is 0.00869. The van der Waals surface area contributed by atoms with Crippen LogP contribution in [0.15, 0.2) is 23.8 Å². The minimum atomic E-state index is -1.79. The minimum Gasteiger partial charge on any atom is -0.481 e. The first-order valence-electron chi connectivity index (χ1n) is 10.5. The molecule has 0 amide bonds. The van der Waals surface area contributed by atoms with Crippen LogP contribution >= 0.6 is 0 Å². The number of aliphatic carboxylic acids is 1. The number of rotatable bonds is 3. The lowest BCUT2D eigenvalue weighted by molar-refractivity contribution is -0.199. The Balaban J connectivity index is 1.62. The smallest absolute Gasteiger partial charge is 0.303 e. The molecule has 0 radical (unpaired) electrons. The van der Waals surface area contributed by atoms with Crippen molar-refractivity contribution >= 4 is 11.8 Å². The van der Waals surface area contributed by atoms with Gasteiger partial charge >= 0.3 is 5.97 Å². The predicted octanol–water partition coefficient (Wildman–Crippen LogP) is 2.29. The highest BCUT2D eigenvalue weighted by Crippen LogP contribution is 2.73. The molecule has 8 atom stereocenters. The monoisotopic (exact) mass is 406 g/mol. The number of hydrogen-bond donors (Lipinski definition) is 3. The molecule has 7 heteroatoms. The van der Waals surface area contributed by atoms with Gasteiger partial charge in [0, 0.05) is 24.2 Å². The van der Waals surface area contributed by atoms with Crippen molar-refractivity contribution in [2.24, 2.45) is 22.7 Å². The molecule has 158 valence electrons. The highest BCUT2D eigenvalue weighted by molar-refractivity contribution is 5.92. The van der Waals surface area contributed by atoms with Crippen LogP contribution in [0.1, 0.15) is 51.9 Å². The number of aliphatic hydroxyl groups excluding tert-OH is 1. The largest absolute Gasteiger partial charge is 0.481 e. The maximum atomic E-state index is 17.1. The first-order valence-corrected chi connectivity index (χ1v) is 10.5. The Bertz CT molecular complexity index is 852. The second kappa shape index (κ2) is 5.77. The fourth-order valence-corrected chi connectivity index (χ4v) is 7.42. The quantitative estimate of drug-likeness (QED) is 0.664. The average molecular weight is 406 g/mol. The summed E-state index contributed by atoms with van der Waals surface area (Å²) in [5.74, 6) is -1.93. The van der Waals surface area contributed by atoms with E-state index in [-0.39, 0.29) is 37.4 Å². The fourth-order valence-electron chi connectivity index (χ4n) is 7.42. The summed E-state index contributed by atoms with van der Waals surface area (Å²) in [6, 6.07) is 0. The Kier molecular flexibility index (Phi) is 3.86. The molecular weight excluding hydrogens is 379 g/mol. The lowest BCUT2D eigenvalue weighted by atomic mass is 9.46. The molecule has 0 aromatic rings. The van der Waals surface area contributed by atoms with Gasteiger partial charge in [-0.3, -0.25) is 9.59 Å². The second-order valence-corrected chi connectivity index (χ2v) is 9.84. The second-order valence-electron chi connectivity index (χ2n) is 9.84. The first kappa shape index (κ1) is 19.4. The number of halogens is 1. The third-order valence-electron chi connectivity index (χ3n) is 8.95. The van der Waals surface area contributed by atoms with Gasteiger partial charge in [-0.25, -0.2) is 4.39 Å². The highest BCUT2D eigenvalue weighted by Gasteiger charge is 2.79. The van der Waals surface area contributed by atoms with Crippen molar-refractivity contribution < 1.29 is 34.0 Å². The Morgan fingerprint density at radius 1 is 1.38 bits per heavy atom. The number of hydrogen-bond acceptors (Lipinski definition) is 5. The highest BCUT2D eigenvalue weighted by atomic mass is 19.1. The molecule has 2 saturated carbocycles. The van der Waals surface area contributed by atoms with Crippen molar-refractivity contribution in [1.29, 1.82) is 0 Å². The zero-order valence-electron chi connectivity index (χ0n) is 16.4. The number of carbonyl (C=O) groups is 2. The van der Waals surface area contributed by atoms with Crippen LogP contribution < -0.4 is 0 Å². The van der Waals surface area contributed by atoms with Crippen LogP contribution in [0.5, 0.6) is 0 Å². The number of carboxylic acid groups (broad SMARTS) is 1. The molecule has 5 rings (SSSR count). The number of allylic oxidation sites excluding steroid dienone is 4. The van der Waals surface area contributed by atoms with E-state index in [0.717, 1.165) is 0 Å². The van der Waals surface area contributed by atoms with Gasteiger partial charge in [0.25, 0.3) is 0 Å². The van der Waals surface area contributed by atoms with Crippen LogP contribution in [-0.2, 0) is 14.3 Å². The van der Waals surface area contributed by atoms with E-state index in [2.05, 4.69) is 0 Å². The molecule has 5 aliphatic rings. The normalized spacial score (nSPS) is 52.6. The van der Waals surface area contributed by atoms with Gasteiger partial charge in [-0.05, 0) is 49.7 Å². The summed E-state index contributed by atoms with van der Waals surface area (Å²) >= 11 is 0. The van der Waals surface area contributed by atoms with Crippen LogP contribution in [-0.4, -0.2) is 50.7 Å². The maximum Gasteiger partial charge on any atom is 0.303 e. The van der Waals surface area contributed by atoms with E-state index in [9.17, 15) is 19.8 Å². The summed E-state index contributed by atoms with van der Waals surface area (Å²) < 4.78 is 22.9. The van der Waals surface area contributed by atoms with Crippen LogP contribution in [0, 0.1) is 22.7 Å². The summed E-state index contributed by atoms with van der Waals surface area (Å²) in [4.78, 5) is 23.1. The van der Waals surface area contributed by atoms with Gasteiger partial charge in [-0.1, -0.05) is 19.1 Å².